The summed E-state index contributed by atoms with van der Waals surface area (Å²) in [6.07, 6.45) is 8.00. The summed E-state index contributed by atoms with van der Waals surface area (Å²) in [6, 6.07) is 0.798. The Hall–Kier alpha value is -0.120. The van der Waals surface area contributed by atoms with E-state index in [0.717, 1.165) is 24.9 Å². The molecule has 0 radical (unpaired) electrons. The third-order valence-electron chi connectivity index (χ3n) is 4.65. The van der Waals surface area contributed by atoms with Crippen LogP contribution in [-0.4, -0.2) is 42.8 Å². The lowest BCUT2D eigenvalue weighted by Gasteiger charge is -2.49. The Balaban J connectivity index is 2.11. The van der Waals surface area contributed by atoms with Crippen LogP contribution in [0, 0.1) is 5.92 Å². The highest BCUT2D eigenvalue weighted by molar-refractivity contribution is 5.02. The van der Waals surface area contributed by atoms with Crippen LogP contribution < -0.4 is 5.73 Å². The lowest BCUT2D eigenvalue weighted by Crippen LogP contribution is -2.59. The molecule has 2 unspecified atom stereocenters. The molecule has 2 atom stereocenters. The van der Waals surface area contributed by atoms with Gasteiger partial charge in [0, 0.05) is 31.8 Å². The molecule has 0 aromatic rings. The largest absolute Gasteiger partial charge is 0.381 e. The van der Waals surface area contributed by atoms with E-state index < -0.39 is 0 Å². The van der Waals surface area contributed by atoms with Crippen LogP contribution in [0.3, 0.4) is 0 Å². The van der Waals surface area contributed by atoms with Gasteiger partial charge < -0.3 is 10.5 Å². The zero-order valence-electron chi connectivity index (χ0n) is 12.3. The van der Waals surface area contributed by atoms with E-state index >= 15 is 0 Å². The number of methoxy groups -OCH3 is 1. The van der Waals surface area contributed by atoms with E-state index in [-0.39, 0.29) is 5.54 Å². The quantitative estimate of drug-likeness (QED) is 0.791. The predicted octanol–water partition coefficient (Wildman–Crippen LogP) is 2.39. The Morgan fingerprint density at radius 3 is 2.56 bits per heavy atom. The van der Waals surface area contributed by atoms with Gasteiger partial charge in [0.1, 0.15) is 0 Å². The minimum Gasteiger partial charge on any atom is -0.381 e. The Morgan fingerprint density at radius 1 is 1.33 bits per heavy atom. The first-order valence-electron chi connectivity index (χ1n) is 7.61. The maximum absolute atomic E-state index is 6.20. The molecule has 0 amide bonds. The van der Waals surface area contributed by atoms with Gasteiger partial charge in [-0.2, -0.15) is 0 Å². The standard InChI is InChI=1S/C15H30N2O/c1-12(2)10-17(13-6-7-13)15(11-16)8-4-5-14(9-15)18-3/h12-14H,4-11,16H2,1-3H3. The molecule has 2 fully saturated rings. The molecule has 0 aromatic heterocycles. The molecule has 18 heavy (non-hydrogen) atoms. The van der Waals surface area contributed by atoms with Crippen molar-refractivity contribution in [2.75, 3.05) is 20.2 Å². The Morgan fingerprint density at radius 2 is 2.06 bits per heavy atom. The van der Waals surface area contributed by atoms with E-state index in [1.165, 1.54) is 38.6 Å². The molecule has 0 aromatic carbocycles. The number of hydrogen-bond donors (Lipinski definition) is 1. The van der Waals surface area contributed by atoms with Crippen LogP contribution in [-0.2, 0) is 4.74 Å². The topological polar surface area (TPSA) is 38.5 Å². The monoisotopic (exact) mass is 254 g/mol. The number of rotatable bonds is 6. The SMILES string of the molecule is COC1CCCC(CN)(N(CC(C)C)C2CC2)C1. The summed E-state index contributed by atoms with van der Waals surface area (Å²) in [5.41, 5.74) is 6.41. The summed E-state index contributed by atoms with van der Waals surface area (Å²) < 4.78 is 5.62. The summed E-state index contributed by atoms with van der Waals surface area (Å²) in [6.45, 7) is 6.61. The molecule has 0 heterocycles. The van der Waals surface area contributed by atoms with Gasteiger partial charge >= 0.3 is 0 Å². The molecule has 106 valence electrons. The fraction of sp³-hybridized carbons (Fsp3) is 1.00. The average Bonchev–Trinajstić information content (AvgIpc) is 3.20. The normalized spacial score (nSPS) is 33.3. The van der Waals surface area contributed by atoms with E-state index in [1.54, 1.807) is 0 Å². The second kappa shape index (κ2) is 5.89. The molecular weight excluding hydrogens is 224 g/mol. The highest BCUT2D eigenvalue weighted by Gasteiger charge is 2.46. The highest BCUT2D eigenvalue weighted by atomic mass is 16.5. The molecule has 0 saturated heterocycles. The second-order valence-electron chi connectivity index (χ2n) is 6.66. The lowest BCUT2D eigenvalue weighted by atomic mass is 9.78. The van der Waals surface area contributed by atoms with Crippen molar-refractivity contribution in [1.29, 1.82) is 0 Å². The summed E-state index contributed by atoms with van der Waals surface area (Å²) >= 11 is 0. The minimum atomic E-state index is 0.213. The first-order chi connectivity index (χ1) is 8.61. The molecular formula is C15H30N2O. The molecule has 3 heteroatoms. The second-order valence-corrected chi connectivity index (χ2v) is 6.66. The minimum absolute atomic E-state index is 0.213. The van der Waals surface area contributed by atoms with Crippen molar-refractivity contribution in [1.82, 2.24) is 4.90 Å². The zero-order chi connectivity index (χ0) is 13.2. The van der Waals surface area contributed by atoms with Gasteiger partial charge in [-0.25, -0.2) is 0 Å². The van der Waals surface area contributed by atoms with Gasteiger partial charge in [0.2, 0.25) is 0 Å². The molecule has 3 nitrogen and oxygen atoms in total. The molecule has 2 rings (SSSR count). The maximum Gasteiger partial charge on any atom is 0.0589 e. The smallest absolute Gasteiger partial charge is 0.0589 e. The number of ether oxygens (including phenoxy) is 1. The van der Waals surface area contributed by atoms with E-state index in [4.69, 9.17) is 10.5 Å². The first kappa shape index (κ1) is 14.3. The summed E-state index contributed by atoms with van der Waals surface area (Å²) in [4.78, 5) is 2.74. The van der Waals surface area contributed by atoms with Crippen LogP contribution in [0.25, 0.3) is 0 Å². The summed E-state index contributed by atoms with van der Waals surface area (Å²) in [5, 5.41) is 0. The third kappa shape index (κ3) is 3.06. The van der Waals surface area contributed by atoms with Crippen molar-refractivity contribution < 1.29 is 4.74 Å². The lowest BCUT2D eigenvalue weighted by molar-refractivity contribution is -0.0302. The van der Waals surface area contributed by atoms with Crippen LogP contribution in [0.4, 0.5) is 0 Å². The van der Waals surface area contributed by atoms with Crippen LogP contribution in [0.5, 0.6) is 0 Å². The third-order valence-corrected chi connectivity index (χ3v) is 4.65. The van der Waals surface area contributed by atoms with Crippen molar-refractivity contribution in [2.45, 2.75) is 70.1 Å². The van der Waals surface area contributed by atoms with Crippen molar-refractivity contribution in [2.24, 2.45) is 11.7 Å². The summed E-state index contributed by atoms with van der Waals surface area (Å²) in [7, 11) is 1.85. The van der Waals surface area contributed by atoms with Crippen LogP contribution in [0.15, 0.2) is 0 Å². The van der Waals surface area contributed by atoms with Gasteiger partial charge in [-0.05, 0) is 44.4 Å². The molecule has 0 spiro atoms. The van der Waals surface area contributed by atoms with E-state index in [9.17, 15) is 0 Å². The Bertz CT molecular complexity index is 265. The van der Waals surface area contributed by atoms with Gasteiger partial charge in [0.25, 0.3) is 0 Å². The van der Waals surface area contributed by atoms with Crippen molar-refractivity contribution in [3.8, 4) is 0 Å². The van der Waals surface area contributed by atoms with Gasteiger partial charge in [-0.15, -0.1) is 0 Å². The summed E-state index contributed by atoms with van der Waals surface area (Å²) in [5.74, 6) is 0.719. The van der Waals surface area contributed by atoms with Crippen molar-refractivity contribution >= 4 is 0 Å². The molecule has 2 aliphatic carbocycles. The highest BCUT2D eigenvalue weighted by Crippen LogP contribution is 2.41. The van der Waals surface area contributed by atoms with E-state index in [0.29, 0.717) is 6.10 Å². The van der Waals surface area contributed by atoms with Crippen molar-refractivity contribution in [3.05, 3.63) is 0 Å². The van der Waals surface area contributed by atoms with Gasteiger partial charge in [-0.1, -0.05) is 13.8 Å². The fourth-order valence-electron chi connectivity index (χ4n) is 3.56. The molecule has 0 bridgehead atoms. The van der Waals surface area contributed by atoms with Gasteiger partial charge in [0.05, 0.1) is 6.10 Å². The first-order valence-corrected chi connectivity index (χ1v) is 7.61. The van der Waals surface area contributed by atoms with E-state index in [1.807, 2.05) is 7.11 Å². The Labute approximate surface area is 112 Å². The molecule has 0 aliphatic heterocycles. The fourth-order valence-corrected chi connectivity index (χ4v) is 3.56. The average molecular weight is 254 g/mol. The van der Waals surface area contributed by atoms with E-state index in [2.05, 4.69) is 18.7 Å². The van der Waals surface area contributed by atoms with Crippen LogP contribution in [0.1, 0.15) is 52.4 Å². The zero-order valence-corrected chi connectivity index (χ0v) is 12.3. The number of hydrogen-bond acceptors (Lipinski definition) is 3. The Kier molecular flexibility index (Phi) is 4.68. The van der Waals surface area contributed by atoms with Gasteiger partial charge in [0.15, 0.2) is 0 Å². The predicted molar refractivity (Wildman–Crippen MR) is 75.6 cm³/mol. The number of nitrogens with two attached hydrogens (primary N) is 1. The number of nitrogens with zero attached hydrogens (tertiary/aromatic N) is 1. The van der Waals surface area contributed by atoms with Crippen LogP contribution >= 0.6 is 0 Å². The van der Waals surface area contributed by atoms with Gasteiger partial charge in [-0.3, -0.25) is 4.90 Å². The molecule has 2 aliphatic rings. The maximum atomic E-state index is 6.20. The molecule has 2 saturated carbocycles. The molecule has 2 N–H and O–H groups in total. The van der Waals surface area contributed by atoms with Crippen molar-refractivity contribution in [3.63, 3.8) is 0 Å². The van der Waals surface area contributed by atoms with Crippen LogP contribution in [0.2, 0.25) is 0 Å².